The monoisotopic (exact) mass is 376 g/mol. The van der Waals surface area contributed by atoms with Crippen LogP contribution in [0.3, 0.4) is 0 Å². The molecule has 5 nitrogen and oxygen atoms in total. The number of fused-ring (bicyclic) bond motifs is 1. The van der Waals surface area contributed by atoms with Crippen LogP contribution in [0.4, 0.5) is 5.69 Å². The number of halogens is 1. The molecule has 2 rings (SSSR count). The number of rotatable bonds is 9. The van der Waals surface area contributed by atoms with E-state index in [2.05, 4.69) is 36.1 Å². The summed E-state index contributed by atoms with van der Waals surface area (Å²) in [6, 6.07) is 5.63. The third-order valence-corrected chi connectivity index (χ3v) is 4.47. The maximum absolute atomic E-state index is 12.6. The zero-order chi connectivity index (χ0) is 19.1. The molecule has 2 heterocycles. The Hall–Kier alpha value is -1.88. The lowest BCUT2D eigenvalue weighted by Gasteiger charge is -2.24. The number of carbonyl (C=O) groups excluding carboxylic acids is 1. The number of hydrogen-bond donors (Lipinski definition) is 1. The highest BCUT2D eigenvalue weighted by molar-refractivity contribution is 6.29. The Bertz CT molecular complexity index is 744. The predicted octanol–water partition coefficient (Wildman–Crippen LogP) is 4.68. The standard InChI is InChI=1S/C20H29ClN4O/c1-5-10-25(11-6-2)19(26)12-14(4)22-17-13-15(7-3)23-16-8-9-18(21)24-20(16)17/h8-9,13-14H,5-7,10-12H2,1-4H3,(H,22,23). The summed E-state index contributed by atoms with van der Waals surface area (Å²) in [5.41, 5.74) is 3.43. The van der Waals surface area contributed by atoms with Crippen molar-refractivity contribution in [3.05, 3.63) is 29.0 Å². The number of nitrogens with zero attached hydrogens (tertiary/aromatic N) is 3. The summed E-state index contributed by atoms with van der Waals surface area (Å²) in [4.78, 5) is 23.6. The van der Waals surface area contributed by atoms with Crippen LogP contribution in [-0.2, 0) is 11.2 Å². The van der Waals surface area contributed by atoms with E-state index in [-0.39, 0.29) is 11.9 Å². The fourth-order valence-corrected chi connectivity index (χ4v) is 3.19. The molecule has 142 valence electrons. The molecule has 1 atom stereocenters. The minimum Gasteiger partial charge on any atom is -0.380 e. The van der Waals surface area contributed by atoms with Gasteiger partial charge in [0.1, 0.15) is 10.7 Å². The van der Waals surface area contributed by atoms with E-state index in [1.165, 1.54) is 0 Å². The van der Waals surface area contributed by atoms with E-state index in [4.69, 9.17) is 11.6 Å². The SMILES string of the molecule is CCCN(CCC)C(=O)CC(C)Nc1cc(CC)nc2ccc(Cl)nc12. The molecule has 1 N–H and O–H groups in total. The van der Waals surface area contributed by atoms with Crippen molar-refractivity contribution in [3.63, 3.8) is 0 Å². The Kier molecular flexibility index (Phi) is 7.64. The smallest absolute Gasteiger partial charge is 0.224 e. The zero-order valence-electron chi connectivity index (χ0n) is 16.2. The first kappa shape index (κ1) is 20.4. The van der Waals surface area contributed by atoms with Gasteiger partial charge in [0.2, 0.25) is 5.91 Å². The van der Waals surface area contributed by atoms with E-state index in [1.54, 1.807) is 6.07 Å². The Labute approximate surface area is 161 Å². The van der Waals surface area contributed by atoms with Gasteiger partial charge in [0.25, 0.3) is 0 Å². The van der Waals surface area contributed by atoms with E-state index in [1.807, 2.05) is 24.0 Å². The van der Waals surface area contributed by atoms with E-state index in [0.29, 0.717) is 11.6 Å². The lowest BCUT2D eigenvalue weighted by molar-refractivity contribution is -0.131. The van der Waals surface area contributed by atoms with Crippen LogP contribution in [0.15, 0.2) is 18.2 Å². The largest absolute Gasteiger partial charge is 0.380 e. The molecular formula is C20H29ClN4O. The average molecular weight is 377 g/mol. The van der Waals surface area contributed by atoms with Crippen molar-refractivity contribution >= 4 is 34.2 Å². The lowest BCUT2D eigenvalue weighted by atomic mass is 10.1. The number of amides is 1. The quantitative estimate of drug-likeness (QED) is 0.645. The van der Waals surface area contributed by atoms with Crippen molar-refractivity contribution in [1.29, 1.82) is 0 Å². The molecule has 0 spiro atoms. The Morgan fingerprint density at radius 2 is 1.88 bits per heavy atom. The van der Waals surface area contributed by atoms with Gasteiger partial charge < -0.3 is 10.2 Å². The predicted molar refractivity (Wildman–Crippen MR) is 109 cm³/mol. The van der Waals surface area contributed by atoms with Crippen molar-refractivity contribution < 1.29 is 4.79 Å². The lowest BCUT2D eigenvalue weighted by Crippen LogP contribution is -2.35. The normalized spacial score (nSPS) is 12.2. The number of aromatic nitrogens is 2. The van der Waals surface area contributed by atoms with Crippen LogP contribution in [0.1, 0.15) is 52.7 Å². The summed E-state index contributed by atoms with van der Waals surface area (Å²) in [5, 5.41) is 3.89. The highest BCUT2D eigenvalue weighted by atomic mass is 35.5. The van der Waals surface area contributed by atoms with Crippen LogP contribution in [-0.4, -0.2) is 39.9 Å². The molecule has 6 heteroatoms. The number of carbonyl (C=O) groups is 1. The fourth-order valence-electron chi connectivity index (χ4n) is 3.04. The first-order valence-corrected chi connectivity index (χ1v) is 9.86. The van der Waals surface area contributed by atoms with Crippen LogP contribution >= 0.6 is 11.6 Å². The molecule has 1 unspecified atom stereocenters. The molecule has 0 saturated carbocycles. The molecule has 0 fully saturated rings. The Morgan fingerprint density at radius 1 is 1.19 bits per heavy atom. The number of aryl methyl sites for hydroxylation is 1. The van der Waals surface area contributed by atoms with Gasteiger partial charge in [-0.2, -0.15) is 0 Å². The van der Waals surface area contributed by atoms with Crippen molar-refractivity contribution in [2.24, 2.45) is 0 Å². The zero-order valence-corrected chi connectivity index (χ0v) is 16.9. The molecular weight excluding hydrogens is 348 g/mol. The second-order valence-corrected chi connectivity index (χ2v) is 7.03. The van der Waals surface area contributed by atoms with Gasteiger partial charge in [-0.15, -0.1) is 0 Å². The third-order valence-electron chi connectivity index (χ3n) is 4.25. The molecule has 0 aromatic carbocycles. The van der Waals surface area contributed by atoms with Crippen molar-refractivity contribution in [3.8, 4) is 0 Å². The average Bonchev–Trinajstić information content (AvgIpc) is 2.61. The number of pyridine rings is 2. The second kappa shape index (κ2) is 9.72. The van der Waals surface area contributed by atoms with Crippen molar-refractivity contribution in [1.82, 2.24) is 14.9 Å². The maximum Gasteiger partial charge on any atom is 0.224 e. The third kappa shape index (κ3) is 5.31. The van der Waals surface area contributed by atoms with E-state index < -0.39 is 0 Å². The van der Waals surface area contributed by atoms with Crippen molar-refractivity contribution in [2.75, 3.05) is 18.4 Å². The summed E-state index contributed by atoms with van der Waals surface area (Å²) in [6.45, 7) is 9.92. The van der Waals surface area contributed by atoms with Gasteiger partial charge in [0.05, 0.1) is 11.2 Å². The molecule has 0 aliphatic carbocycles. The molecule has 26 heavy (non-hydrogen) atoms. The van der Waals surface area contributed by atoms with Gasteiger partial charge in [0, 0.05) is 31.2 Å². The van der Waals surface area contributed by atoms with Crippen molar-refractivity contribution in [2.45, 2.75) is 59.4 Å². The summed E-state index contributed by atoms with van der Waals surface area (Å²) >= 11 is 6.07. The van der Waals surface area contributed by atoms with Gasteiger partial charge >= 0.3 is 0 Å². The second-order valence-electron chi connectivity index (χ2n) is 6.65. The van der Waals surface area contributed by atoms with Gasteiger partial charge in [0.15, 0.2) is 0 Å². The summed E-state index contributed by atoms with van der Waals surface area (Å²) in [7, 11) is 0. The van der Waals surface area contributed by atoms with Crippen LogP contribution in [0.5, 0.6) is 0 Å². The number of nitrogens with one attached hydrogen (secondary N) is 1. The minimum atomic E-state index is -0.00481. The Morgan fingerprint density at radius 3 is 2.50 bits per heavy atom. The molecule has 0 aliphatic rings. The van der Waals surface area contributed by atoms with Crippen LogP contribution < -0.4 is 5.32 Å². The van der Waals surface area contributed by atoms with Gasteiger partial charge in [-0.05, 0) is 44.4 Å². The molecule has 0 bridgehead atoms. The van der Waals surface area contributed by atoms with Gasteiger partial charge in [-0.1, -0.05) is 32.4 Å². The Balaban J connectivity index is 2.18. The molecule has 1 amide bonds. The first-order valence-electron chi connectivity index (χ1n) is 9.48. The van der Waals surface area contributed by atoms with E-state index in [0.717, 1.165) is 54.8 Å². The summed E-state index contributed by atoms with van der Waals surface area (Å²) < 4.78 is 0. The fraction of sp³-hybridized carbons (Fsp3) is 0.550. The number of anilines is 1. The molecule has 2 aromatic rings. The van der Waals surface area contributed by atoms with E-state index in [9.17, 15) is 4.79 Å². The minimum absolute atomic E-state index is 0.00481. The molecule has 0 saturated heterocycles. The summed E-state index contributed by atoms with van der Waals surface area (Å²) in [5.74, 6) is 0.189. The highest BCUT2D eigenvalue weighted by Gasteiger charge is 2.17. The maximum atomic E-state index is 12.6. The molecule has 2 aromatic heterocycles. The molecule has 0 aliphatic heterocycles. The van der Waals surface area contributed by atoms with Gasteiger partial charge in [-0.25, -0.2) is 4.98 Å². The van der Waals surface area contributed by atoms with E-state index >= 15 is 0 Å². The topological polar surface area (TPSA) is 58.1 Å². The molecule has 0 radical (unpaired) electrons. The first-order chi connectivity index (χ1) is 12.5. The van der Waals surface area contributed by atoms with Crippen LogP contribution in [0.2, 0.25) is 5.15 Å². The number of hydrogen-bond acceptors (Lipinski definition) is 4. The van der Waals surface area contributed by atoms with Gasteiger partial charge in [-0.3, -0.25) is 9.78 Å². The highest BCUT2D eigenvalue weighted by Crippen LogP contribution is 2.24. The van der Waals surface area contributed by atoms with Crippen LogP contribution in [0.25, 0.3) is 11.0 Å². The summed E-state index contributed by atoms with van der Waals surface area (Å²) in [6.07, 6.45) is 3.24. The van der Waals surface area contributed by atoms with Crippen LogP contribution in [0, 0.1) is 0 Å².